The fourth-order valence-corrected chi connectivity index (χ4v) is 2.25. The fourth-order valence-electron chi connectivity index (χ4n) is 1.66. The van der Waals surface area contributed by atoms with Crippen molar-refractivity contribution in [2.24, 2.45) is 0 Å². The van der Waals surface area contributed by atoms with Gasteiger partial charge < -0.3 is 10.1 Å². The summed E-state index contributed by atoms with van der Waals surface area (Å²) in [6, 6.07) is 7.50. The van der Waals surface area contributed by atoms with Gasteiger partial charge in [0.25, 0.3) is 0 Å². The first-order valence-electron chi connectivity index (χ1n) is 5.80. The lowest BCUT2D eigenvalue weighted by Gasteiger charge is -2.06. The number of aromatic nitrogens is 2. The van der Waals surface area contributed by atoms with Crippen molar-refractivity contribution in [3.63, 3.8) is 0 Å². The van der Waals surface area contributed by atoms with Crippen LogP contribution < -0.4 is 10.1 Å². The van der Waals surface area contributed by atoms with E-state index < -0.39 is 0 Å². The SMILES string of the molecule is COc1ccc(CCC(=O)Nc2ccn[nH]2)cc1Br. The molecule has 0 fully saturated rings. The van der Waals surface area contributed by atoms with Crippen LogP contribution >= 0.6 is 15.9 Å². The normalized spacial score (nSPS) is 10.2. The molecule has 1 heterocycles. The highest BCUT2D eigenvalue weighted by molar-refractivity contribution is 9.10. The molecule has 0 spiro atoms. The third-order valence-corrected chi connectivity index (χ3v) is 3.25. The quantitative estimate of drug-likeness (QED) is 0.889. The van der Waals surface area contributed by atoms with Gasteiger partial charge in [-0.15, -0.1) is 0 Å². The number of aryl methyl sites for hydroxylation is 1. The number of benzene rings is 1. The second-order valence-corrected chi connectivity index (χ2v) is 4.84. The van der Waals surface area contributed by atoms with Crippen molar-refractivity contribution in [3.8, 4) is 5.75 Å². The van der Waals surface area contributed by atoms with Crippen LogP contribution in [0.25, 0.3) is 0 Å². The van der Waals surface area contributed by atoms with Gasteiger partial charge in [0.1, 0.15) is 11.6 Å². The summed E-state index contributed by atoms with van der Waals surface area (Å²) in [6.45, 7) is 0. The van der Waals surface area contributed by atoms with Gasteiger partial charge in [0, 0.05) is 12.5 Å². The first kappa shape index (κ1) is 13.6. The summed E-state index contributed by atoms with van der Waals surface area (Å²) >= 11 is 3.42. The number of rotatable bonds is 5. The van der Waals surface area contributed by atoms with Crippen LogP contribution in [0.4, 0.5) is 5.82 Å². The van der Waals surface area contributed by atoms with Crippen molar-refractivity contribution in [2.45, 2.75) is 12.8 Å². The lowest BCUT2D eigenvalue weighted by Crippen LogP contribution is -2.12. The van der Waals surface area contributed by atoms with E-state index in [1.54, 1.807) is 19.4 Å². The van der Waals surface area contributed by atoms with Gasteiger partial charge >= 0.3 is 0 Å². The molecule has 5 nitrogen and oxygen atoms in total. The Morgan fingerprint density at radius 3 is 2.95 bits per heavy atom. The van der Waals surface area contributed by atoms with E-state index in [1.807, 2.05) is 18.2 Å². The topological polar surface area (TPSA) is 67.0 Å². The van der Waals surface area contributed by atoms with Gasteiger partial charge in [-0.1, -0.05) is 6.07 Å². The molecule has 1 aromatic heterocycles. The van der Waals surface area contributed by atoms with E-state index in [1.165, 1.54) is 0 Å². The number of anilines is 1. The van der Waals surface area contributed by atoms with Gasteiger partial charge in [0.15, 0.2) is 0 Å². The Hall–Kier alpha value is -1.82. The number of amides is 1. The van der Waals surface area contributed by atoms with E-state index in [-0.39, 0.29) is 5.91 Å². The van der Waals surface area contributed by atoms with Gasteiger partial charge in [0.2, 0.25) is 5.91 Å². The summed E-state index contributed by atoms with van der Waals surface area (Å²) in [5.74, 6) is 1.35. The lowest BCUT2D eigenvalue weighted by atomic mass is 10.1. The monoisotopic (exact) mass is 323 g/mol. The Labute approximate surface area is 119 Å². The van der Waals surface area contributed by atoms with Crippen molar-refractivity contribution in [3.05, 3.63) is 40.5 Å². The maximum atomic E-state index is 11.7. The average molecular weight is 324 g/mol. The second kappa shape index (κ2) is 6.38. The molecule has 0 aliphatic rings. The first-order valence-corrected chi connectivity index (χ1v) is 6.60. The number of carbonyl (C=O) groups excluding carboxylic acids is 1. The summed E-state index contributed by atoms with van der Waals surface area (Å²) in [5, 5.41) is 9.18. The number of hydrogen-bond donors (Lipinski definition) is 2. The number of nitrogens with one attached hydrogen (secondary N) is 2. The molecule has 1 amide bonds. The molecule has 6 heteroatoms. The maximum Gasteiger partial charge on any atom is 0.225 e. The predicted octanol–water partition coefficient (Wildman–Crippen LogP) is 2.75. The second-order valence-electron chi connectivity index (χ2n) is 3.99. The molecule has 0 saturated carbocycles. The molecule has 19 heavy (non-hydrogen) atoms. The zero-order chi connectivity index (χ0) is 13.7. The molecule has 0 aliphatic heterocycles. The van der Waals surface area contributed by atoms with Crippen LogP contribution in [0.1, 0.15) is 12.0 Å². The van der Waals surface area contributed by atoms with Gasteiger partial charge in [-0.3, -0.25) is 9.89 Å². The highest BCUT2D eigenvalue weighted by Gasteiger charge is 2.06. The number of carbonyl (C=O) groups is 1. The Balaban J connectivity index is 1.88. The molecule has 0 aliphatic carbocycles. The number of ether oxygens (including phenoxy) is 1. The summed E-state index contributed by atoms with van der Waals surface area (Å²) in [5.41, 5.74) is 1.08. The summed E-state index contributed by atoms with van der Waals surface area (Å²) < 4.78 is 6.05. The van der Waals surface area contributed by atoms with Gasteiger partial charge in [0.05, 0.1) is 17.8 Å². The molecule has 0 atom stereocenters. The largest absolute Gasteiger partial charge is 0.496 e. The molecule has 100 valence electrons. The number of nitrogens with zero attached hydrogens (tertiary/aromatic N) is 1. The van der Waals surface area contributed by atoms with Crippen LogP contribution in [0.2, 0.25) is 0 Å². The number of halogens is 1. The van der Waals surface area contributed by atoms with E-state index in [4.69, 9.17) is 4.74 Å². The summed E-state index contributed by atoms with van der Waals surface area (Å²) in [6.07, 6.45) is 2.68. The average Bonchev–Trinajstić information content (AvgIpc) is 2.89. The van der Waals surface area contributed by atoms with E-state index in [9.17, 15) is 4.79 Å². The fraction of sp³-hybridized carbons (Fsp3) is 0.231. The Bertz CT molecular complexity index is 555. The smallest absolute Gasteiger partial charge is 0.225 e. The molecule has 2 rings (SSSR count). The Morgan fingerprint density at radius 2 is 2.32 bits per heavy atom. The molecule has 0 unspecified atom stereocenters. The van der Waals surface area contributed by atoms with Crippen molar-refractivity contribution < 1.29 is 9.53 Å². The minimum atomic E-state index is -0.0452. The number of hydrogen-bond acceptors (Lipinski definition) is 3. The van der Waals surface area contributed by atoms with Crippen molar-refractivity contribution >= 4 is 27.7 Å². The molecule has 2 N–H and O–H groups in total. The van der Waals surface area contributed by atoms with E-state index in [0.717, 1.165) is 15.8 Å². The van der Waals surface area contributed by atoms with Crippen molar-refractivity contribution in [1.29, 1.82) is 0 Å². The molecule has 0 bridgehead atoms. The Kier molecular flexibility index (Phi) is 4.57. The molecule has 2 aromatic rings. The zero-order valence-electron chi connectivity index (χ0n) is 10.4. The lowest BCUT2D eigenvalue weighted by molar-refractivity contribution is -0.116. The van der Waals surface area contributed by atoms with Crippen LogP contribution in [-0.4, -0.2) is 23.2 Å². The predicted molar refractivity (Wildman–Crippen MR) is 76.2 cm³/mol. The summed E-state index contributed by atoms with van der Waals surface area (Å²) in [4.78, 5) is 11.7. The van der Waals surface area contributed by atoms with Crippen LogP contribution in [-0.2, 0) is 11.2 Å². The minimum Gasteiger partial charge on any atom is -0.496 e. The molecular formula is C13H14BrN3O2. The third-order valence-electron chi connectivity index (χ3n) is 2.63. The number of aromatic amines is 1. The molecular weight excluding hydrogens is 310 g/mol. The molecule has 1 aromatic carbocycles. The van der Waals surface area contributed by atoms with Gasteiger partial charge in [-0.25, -0.2) is 0 Å². The third kappa shape index (κ3) is 3.82. The van der Waals surface area contributed by atoms with Crippen LogP contribution in [0.15, 0.2) is 34.9 Å². The van der Waals surface area contributed by atoms with Crippen LogP contribution in [0, 0.1) is 0 Å². The highest BCUT2D eigenvalue weighted by atomic mass is 79.9. The highest BCUT2D eigenvalue weighted by Crippen LogP contribution is 2.25. The number of methoxy groups -OCH3 is 1. The minimum absolute atomic E-state index is 0.0452. The van der Waals surface area contributed by atoms with Crippen LogP contribution in [0.5, 0.6) is 5.75 Å². The maximum absolute atomic E-state index is 11.7. The molecule has 0 saturated heterocycles. The van der Waals surface area contributed by atoms with E-state index in [2.05, 4.69) is 31.4 Å². The number of H-pyrrole nitrogens is 1. The Morgan fingerprint density at radius 1 is 1.47 bits per heavy atom. The van der Waals surface area contributed by atoms with Gasteiger partial charge in [-0.05, 0) is 40.0 Å². The standard InChI is InChI=1S/C13H14BrN3O2/c1-19-11-4-2-9(8-10(11)14)3-5-13(18)16-12-6-7-15-17-12/h2,4,6-8H,3,5H2,1H3,(H2,15,16,17,18). The molecule has 0 radical (unpaired) electrons. The van der Waals surface area contributed by atoms with Crippen LogP contribution in [0.3, 0.4) is 0 Å². The van der Waals surface area contributed by atoms with E-state index in [0.29, 0.717) is 18.7 Å². The zero-order valence-corrected chi connectivity index (χ0v) is 12.0. The van der Waals surface area contributed by atoms with E-state index >= 15 is 0 Å². The van der Waals surface area contributed by atoms with Crippen molar-refractivity contribution in [1.82, 2.24) is 10.2 Å². The summed E-state index contributed by atoms with van der Waals surface area (Å²) in [7, 11) is 1.62. The van der Waals surface area contributed by atoms with Crippen molar-refractivity contribution in [2.75, 3.05) is 12.4 Å². The van der Waals surface area contributed by atoms with Gasteiger partial charge in [-0.2, -0.15) is 5.10 Å². The first-order chi connectivity index (χ1) is 9.19.